The second kappa shape index (κ2) is 6.97. The highest BCUT2D eigenvalue weighted by atomic mass is 32.2. The van der Waals surface area contributed by atoms with Gasteiger partial charge in [-0.25, -0.2) is 0 Å². The fourth-order valence-electron chi connectivity index (χ4n) is 1.85. The summed E-state index contributed by atoms with van der Waals surface area (Å²) in [5.41, 5.74) is 2.21. The van der Waals surface area contributed by atoms with E-state index >= 15 is 0 Å². The molecule has 0 saturated carbocycles. The molecule has 1 aromatic heterocycles. The minimum Gasteiger partial charge on any atom is -0.361 e. The Bertz CT molecular complexity index is 292. The van der Waals surface area contributed by atoms with Crippen molar-refractivity contribution in [3.63, 3.8) is 0 Å². The first-order valence-electron chi connectivity index (χ1n) is 5.90. The van der Waals surface area contributed by atoms with Gasteiger partial charge in [0, 0.05) is 11.6 Å². The third-order valence-electron chi connectivity index (χ3n) is 2.64. The molecule has 4 heteroatoms. The van der Waals surface area contributed by atoms with Gasteiger partial charge in [0.1, 0.15) is 5.76 Å². The quantitative estimate of drug-likeness (QED) is 0.746. The third kappa shape index (κ3) is 3.83. The Hall–Kier alpha value is -0.480. The van der Waals surface area contributed by atoms with Crippen molar-refractivity contribution in [2.45, 2.75) is 40.2 Å². The van der Waals surface area contributed by atoms with Crippen LogP contribution in [0.25, 0.3) is 0 Å². The molecule has 16 heavy (non-hydrogen) atoms. The number of hydrogen-bond donors (Lipinski definition) is 1. The molecule has 1 N–H and O–H groups in total. The summed E-state index contributed by atoms with van der Waals surface area (Å²) in [6, 6.07) is 0.331. The molecular weight excluding hydrogens is 220 g/mol. The lowest BCUT2D eigenvalue weighted by molar-refractivity contribution is 0.390. The predicted molar refractivity (Wildman–Crippen MR) is 70.0 cm³/mol. The van der Waals surface area contributed by atoms with Gasteiger partial charge >= 0.3 is 0 Å². The summed E-state index contributed by atoms with van der Waals surface area (Å²) in [4.78, 5) is 0. The summed E-state index contributed by atoms with van der Waals surface area (Å²) in [7, 11) is 0. The van der Waals surface area contributed by atoms with Gasteiger partial charge in [0.15, 0.2) is 0 Å². The minimum absolute atomic E-state index is 0.331. The van der Waals surface area contributed by atoms with Crippen molar-refractivity contribution in [3.05, 3.63) is 17.0 Å². The van der Waals surface area contributed by atoms with Gasteiger partial charge in [-0.05, 0) is 45.2 Å². The van der Waals surface area contributed by atoms with Crippen LogP contribution in [0.15, 0.2) is 4.52 Å². The van der Waals surface area contributed by atoms with Gasteiger partial charge in [-0.3, -0.25) is 0 Å². The van der Waals surface area contributed by atoms with Crippen LogP contribution >= 0.6 is 11.8 Å². The number of nitrogens with one attached hydrogen (secondary N) is 1. The van der Waals surface area contributed by atoms with Gasteiger partial charge in [-0.2, -0.15) is 11.8 Å². The van der Waals surface area contributed by atoms with E-state index in [9.17, 15) is 0 Å². The largest absolute Gasteiger partial charge is 0.361 e. The summed E-state index contributed by atoms with van der Waals surface area (Å²) in [6.07, 6.45) is 1.21. The highest BCUT2D eigenvalue weighted by Gasteiger charge is 2.15. The Balaban J connectivity index is 2.32. The van der Waals surface area contributed by atoms with E-state index in [0.29, 0.717) is 6.04 Å². The molecular formula is C12H22N2OS. The summed E-state index contributed by atoms with van der Waals surface area (Å²) in [5.74, 6) is 3.37. The molecule has 0 bridgehead atoms. The molecule has 0 aromatic carbocycles. The standard InChI is InChI=1S/C12H22N2OS/c1-5-16-8-6-7-13-9(2)12-10(3)14-15-11(12)4/h9,13H,5-8H2,1-4H3. The number of aromatic nitrogens is 1. The molecule has 0 spiro atoms. The van der Waals surface area contributed by atoms with Gasteiger partial charge in [0.05, 0.1) is 5.69 Å². The van der Waals surface area contributed by atoms with Crippen molar-refractivity contribution in [1.29, 1.82) is 0 Å². The highest BCUT2D eigenvalue weighted by Crippen LogP contribution is 2.20. The Kier molecular flexibility index (Phi) is 5.91. The lowest BCUT2D eigenvalue weighted by Gasteiger charge is -2.13. The zero-order valence-corrected chi connectivity index (χ0v) is 11.5. The van der Waals surface area contributed by atoms with Crippen LogP contribution in [0.3, 0.4) is 0 Å². The van der Waals surface area contributed by atoms with Crippen molar-refractivity contribution in [2.24, 2.45) is 0 Å². The first kappa shape index (κ1) is 13.6. The number of rotatable bonds is 7. The molecule has 92 valence electrons. The van der Waals surface area contributed by atoms with E-state index in [0.717, 1.165) is 18.0 Å². The van der Waals surface area contributed by atoms with E-state index in [1.807, 2.05) is 25.6 Å². The Morgan fingerprint density at radius 2 is 2.19 bits per heavy atom. The summed E-state index contributed by atoms with van der Waals surface area (Å²) in [6.45, 7) is 9.39. The first-order chi connectivity index (χ1) is 7.66. The lowest BCUT2D eigenvalue weighted by Crippen LogP contribution is -2.21. The van der Waals surface area contributed by atoms with Crippen LogP contribution in [-0.2, 0) is 0 Å². The number of aryl methyl sites for hydroxylation is 2. The Labute approximate surface area is 102 Å². The molecule has 0 saturated heterocycles. The maximum atomic E-state index is 5.17. The van der Waals surface area contributed by atoms with Crippen LogP contribution in [0.2, 0.25) is 0 Å². The molecule has 0 aliphatic heterocycles. The van der Waals surface area contributed by atoms with E-state index in [4.69, 9.17) is 4.52 Å². The summed E-state index contributed by atoms with van der Waals surface area (Å²) in [5, 5.41) is 7.49. The Morgan fingerprint density at radius 1 is 1.44 bits per heavy atom. The summed E-state index contributed by atoms with van der Waals surface area (Å²) >= 11 is 1.99. The van der Waals surface area contributed by atoms with Crippen LogP contribution in [0, 0.1) is 13.8 Å². The van der Waals surface area contributed by atoms with Crippen molar-refractivity contribution in [1.82, 2.24) is 10.5 Å². The van der Waals surface area contributed by atoms with Crippen molar-refractivity contribution in [3.8, 4) is 0 Å². The maximum absolute atomic E-state index is 5.17. The normalized spacial score (nSPS) is 13.0. The second-order valence-electron chi connectivity index (χ2n) is 3.96. The number of hydrogen-bond acceptors (Lipinski definition) is 4. The highest BCUT2D eigenvalue weighted by molar-refractivity contribution is 7.99. The first-order valence-corrected chi connectivity index (χ1v) is 7.06. The zero-order chi connectivity index (χ0) is 12.0. The molecule has 0 fully saturated rings. The minimum atomic E-state index is 0.331. The van der Waals surface area contributed by atoms with Gasteiger partial charge in [-0.15, -0.1) is 0 Å². The molecule has 0 radical (unpaired) electrons. The lowest BCUT2D eigenvalue weighted by atomic mass is 10.1. The van der Waals surface area contributed by atoms with Gasteiger partial charge < -0.3 is 9.84 Å². The molecule has 1 atom stereocenters. The molecule has 1 rings (SSSR count). The number of thioether (sulfide) groups is 1. The van der Waals surface area contributed by atoms with Crippen molar-refractivity contribution >= 4 is 11.8 Å². The third-order valence-corrected chi connectivity index (χ3v) is 3.63. The van der Waals surface area contributed by atoms with Crippen molar-refractivity contribution in [2.75, 3.05) is 18.1 Å². The van der Waals surface area contributed by atoms with E-state index in [1.165, 1.54) is 23.5 Å². The van der Waals surface area contributed by atoms with E-state index in [-0.39, 0.29) is 0 Å². The molecule has 0 aliphatic rings. The van der Waals surface area contributed by atoms with Crippen LogP contribution in [0.5, 0.6) is 0 Å². The predicted octanol–water partition coefficient (Wildman–Crippen LogP) is 3.09. The second-order valence-corrected chi connectivity index (χ2v) is 5.36. The molecule has 0 aliphatic carbocycles. The molecule has 3 nitrogen and oxygen atoms in total. The smallest absolute Gasteiger partial charge is 0.138 e. The molecule has 0 amide bonds. The molecule has 1 unspecified atom stereocenters. The fourth-order valence-corrected chi connectivity index (χ4v) is 2.48. The Morgan fingerprint density at radius 3 is 2.75 bits per heavy atom. The monoisotopic (exact) mass is 242 g/mol. The van der Waals surface area contributed by atoms with Crippen LogP contribution in [-0.4, -0.2) is 23.2 Å². The molecule has 1 aromatic rings. The van der Waals surface area contributed by atoms with Gasteiger partial charge in [0.25, 0.3) is 0 Å². The average Bonchev–Trinajstić information content (AvgIpc) is 2.58. The SMILES string of the molecule is CCSCCCNC(C)c1c(C)noc1C. The maximum Gasteiger partial charge on any atom is 0.138 e. The summed E-state index contributed by atoms with van der Waals surface area (Å²) < 4.78 is 5.17. The van der Waals surface area contributed by atoms with E-state index < -0.39 is 0 Å². The van der Waals surface area contributed by atoms with Crippen LogP contribution < -0.4 is 5.32 Å². The van der Waals surface area contributed by atoms with Crippen LogP contribution in [0.4, 0.5) is 0 Å². The van der Waals surface area contributed by atoms with E-state index in [2.05, 4.69) is 24.3 Å². The molecule has 1 heterocycles. The topological polar surface area (TPSA) is 38.1 Å². The average molecular weight is 242 g/mol. The van der Waals surface area contributed by atoms with Gasteiger partial charge in [-0.1, -0.05) is 12.1 Å². The van der Waals surface area contributed by atoms with Crippen LogP contribution in [0.1, 0.15) is 43.3 Å². The fraction of sp³-hybridized carbons (Fsp3) is 0.750. The zero-order valence-electron chi connectivity index (χ0n) is 10.7. The number of nitrogens with zero attached hydrogens (tertiary/aromatic N) is 1. The van der Waals surface area contributed by atoms with Gasteiger partial charge in [0.2, 0.25) is 0 Å². The van der Waals surface area contributed by atoms with E-state index in [1.54, 1.807) is 0 Å². The van der Waals surface area contributed by atoms with Crippen molar-refractivity contribution < 1.29 is 4.52 Å².